The van der Waals surface area contributed by atoms with Crippen LogP contribution in [0.5, 0.6) is 0 Å². The van der Waals surface area contributed by atoms with Gasteiger partial charge in [-0.1, -0.05) is 58.0 Å². The van der Waals surface area contributed by atoms with Gasteiger partial charge in [0.25, 0.3) is 5.56 Å². The molecule has 0 bridgehead atoms. The number of aryl methyl sites for hydroxylation is 1. The number of ether oxygens (including phenoxy) is 1. The average molecular weight is 457 g/mol. The molecule has 2 unspecified atom stereocenters. The van der Waals surface area contributed by atoms with Crippen LogP contribution in [0, 0.1) is 0 Å². The maximum Gasteiger partial charge on any atom is 0.329 e. The minimum Gasteiger partial charge on any atom is -0.467 e. The summed E-state index contributed by atoms with van der Waals surface area (Å²) in [7, 11) is 1.33. The molecule has 1 aliphatic rings. The third kappa shape index (κ3) is 5.43. The molecule has 8 heteroatoms. The topological polar surface area (TPSA) is 86.1 Å². The third-order valence-corrected chi connectivity index (χ3v) is 6.05. The number of rotatable bonds is 5. The zero-order chi connectivity index (χ0) is 23.7. The second kappa shape index (κ2) is 12.1. The van der Waals surface area contributed by atoms with Gasteiger partial charge in [-0.05, 0) is 18.9 Å². The summed E-state index contributed by atoms with van der Waals surface area (Å²) in [6.07, 6.45) is 4.49. The second-order valence-electron chi connectivity index (χ2n) is 6.64. The molecule has 4 rings (SSSR count). The molecular weight excluding hydrogens is 424 g/mol. The number of fused-ring (bicyclic) bond motifs is 1. The number of aromatic nitrogens is 3. The fraction of sp³-hybridized carbons (Fsp3) is 0.417. The molecular formula is C24H32N4O3S. The molecule has 3 heterocycles. The molecule has 0 fully saturated rings. The van der Waals surface area contributed by atoms with E-state index >= 15 is 0 Å². The van der Waals surface area contributed by atoms with Gasteiger partial charge in [-0.2, -0.15) is 0 Å². The Labute approximate surface area is 193 Å². The fourth-order valence-corrected chi connectivity index (χ4v) is 4.31. The van der Waals surface area contributed by atoms with Crippen molar-refractivity contribution in [3.8, 4) is 10.4 Å². The van der Waals surface area contributed by atoms with Gasteiger partial charge in [0.2, 0.25) is 0 Å². The van der Waals surface area contributed by atoms with Crippen LogP contribution >= 0.6 is 11.3 Å². The summed E-state index contributed by atoms with van der Waals surface area (Å²) in [5, 5.41) is 4.07. The monoisotopic (exact) mass is 456 g/mol. The van der Waals surface area contributed by atoms with Gasteiger partial charge >= 0.3 is 5.97 Å². The maximum atomic E-state index is 12.9. The molecule has 0 spiro atoms. The SMILES string of the molecule is CC.CC.COC(=O)C1CCc2ncc(NC(C)c3ncc(-c4ccccc4)s3)c(=O)n21. The first-order valence-electron chi connectivity index (χ1n) is 11.0. The highest BCUT2D eigenvalue weighted by Crippen LogP contribution is 2.30. The fourth-order valence-electron chi connectivity index (χ4n) is 3.38. The number of hydrogen-bond acceptors (Lipinski definition) is 7. The molecule has 7 nitrogen and oxygen atoms in total. The highest BCUT2D eigenvalue weighted by molar-refractivity contribution is 7.15. The summed E-state index contributed by atoms with van der Waals surface area (Å²) in [4.78, 5) is 34.8. The number of hydrogen-bond donors (Lipinski definition) is 1. The van der Waals surface area contributed by atoms with E-state index in [1.807, 2.05) is 71.1 Å². The number of esters is 1. The van der Waals surface area contributed by atoms with Gasteiger partial charge in [0.15, 0.2) is 0 Å². The van der Waals surface area contributed by atoms with E-state index in [1.165, 1.54) is 17.9 Å². The van der Waals surface area contributed by atoms with Crippen LogP contribution in [0.1, 0.15) is 64.0 Å². The Morgan fingerprint density at radius 1 is 1.16 bits per heavy atom. The Morgan fingerprint density at radius 2 is 1.84 bits per heavy atom. The van der Waals surface area contributed by atoms with E-state index in [9.17, 15) is 9.59 Å². The Hall–Kier alpha value is -3.00. The molecule has 1 aliphatic heterocycles. The van der Waals surface area contributed by atoms with Gasteiger partial charge in [-0.15, -0.1) is 11.3 Å². The summed E-state index contributed by atoms with van der Waals surface area (Å²) in [6, 6.07) is 9.26. The summed E-state index contributed by atoms with van der Waals surface area (Å²) >= 11 is 1.58. The maximum absolute atomic E-state index is 12.9. The van der Waals surface area contributed by atoms with Crippen LogP contribution in [0.15, 0.2) is 47.5 Å². The molecule has 2 aromatic heterocycles. The normalized spacial score (nSPS) is 14.8. The van der Waals surface area contributed by atoms with E-state index in [0.717, 1.165) is 15.4 Å². The van der Waals surface area contributed by atoms with Gasteiger partial charge in [0, 0.05) is 12.6 Å². The largest absolute Gasteiger partial charge is 0.467 e. The number of methoxy groups -OCH3 is 1. The average Bonchev–Trinajstić information content (AvgIpc) is 3.52. The highest BCUT2D eigenvalue weighted by Gasteiger charge is 2.32. The molecule has 0 saturated heterocycles. The van der Waals surface area contributed by atoms with Gasteiger partial charge in [-0.3, -0.25) is 9.36 Å². The van der Waals surface area contributed by atoms with Crippen molar-refractivity contribution in [1.82, 2.24) is 14.5 Å². The van der Waals surface area contributed by atoms with E-state index in [1.54, 1.807) is 11.3 Å². The number of carbonyl (C=O) groups excluding carboxylic acids is 1. The van der Waals surface area contributed by atoms with Crippen molar-refractivity contribution in [2.75, 3.05) is 12.4 Å². The number of nitrogens with one attached hydrogen (secondary N) is 1. The van der Waals surface area contributed by atoms with E-state index in [2.05, 4.69) is 15.3 Å². The van der Waals surface area contributed by atoms with E-state index in [4.69, 9.17) is 4.74 Å². The predicted molar refractivity (Wildman–Crippen MR) is 130 cm³/mol. The summed E-state index contributed by atoms with van der Waals surface area (Å²) < 4.78 is 6.27. The lowest BCUT2D eigenvalue weighted by Crippen LogP contribution is -2.31. The molecule has 0 amide bonds. The van der Waals surface area contributed by atoms with Crippen LogP contribution in [-0.2, 0) is 16.0 Å². The van der Waals surface area contributed by atoms with Crippen LogP contribution in [0.2, 0.25) is 0 Å². The lowest BCUT2D eigenvalue weighted by Gasteiger charge is -2.16. The van der Waals surface area contributed by atoms with Crippen LogP contribution in [0.3, 0.4) is 0 Å². The molecule has 0 aliphatic carbocycles. The van der Waals surface area contributed by atoms with Gasteiger partial charge in [0.05, 0.1) is 24.2 Å². The number of nitrogens with zero attached hydrogens (tertiary/aromatic N) is 3. The molecule has 0 radical (unpaired) electrons. The summed E-state index contributed by atoms with van der Waals surface area (Å²) in [5.41, 5.74) is 1.20. The third-order valence-electron chi connectivity index (χ3n) is 4.82. The molecule has 2 atom stereocenters. The van der Waals surface area contributed by atoms with Gasteiger partial charge in [0.1, 0.15) is 22.6 Å². The molecule has 1 N–H and O–H groups in total. The summed E-state index contributed by atoms with van der Waals surface area (Å²) in [5.74, 6) is 0.194. The smallest absolute Gasteiger partial charge is 0.329 e. The first-order chi connectivity index (χ1) is 15.6. The molecule has 32 heavy (non-hydrogen) atoms. The van der Waals surface area contributed by atoms with Crippen molar-refractivity contribution in [1.29, 1.82) is 0 Å². The lowest BCUT2D eigenvalue weighted by atomic mass is 10.2. The first-order valence-corrected chi connectivity index (χ1v) is 11.9. The van der Waals surface area contributed by atoms with Crippen molar-refractivity contribution >= 4 is 23.0 Å². The zero-order valence-electron chi connectivity index (χ0n) is 19.6. The zero-order valence-corrected chi connectivity index (χ0v) is 20.4. The van der Waals surface area contributed by atoms with Crippen molar-refractivity contribution < 1.29 is 9.53 Å². The van der Waals surface area contributed by atoms with Crippen LogP contribution in [-0.4, -0.2) is 27.6 Å². The molecule has 1 aromatic carbocycles. The van der Waals surface area contributed by atoms with E-state index in [0.29, 0.717) is 24.4 Å². The van der Waals surface area contributed by atoms with Crippen LogP contribution < -0.4 is 10.9 Å². The number of anilines is 1. The van der Waals surface area contributed by atoms with Gasteiger partial charge in [-0.25, -0.2) is 14.8 Å². The lowest BCUT2D eigenvalue weighted by molar-refractivity contribution is -0.144. The van der Waals surface area contributed by atoms with Crippen LogP contribution in [0.4, 0.5) is 5.69 Å². The minimum absolute atomic E-state index is 0.173. The Balaban J connectivity index is 0.000000860. The van der Waals surface area contributed by atoms with Crippen molar-refractivity contribution in [3.63, 3.8) is 0 Å². The Bertz CT molecular complexity index is 1060. The van der Waals surface area contributed by atoms with E-state index < -0.39 is 12.0 Å². The van der Waals surface area contributed by atoms with Gasteiger partial charge < -0.3 is 10.1 Å². The standard InChI is InChI=1S/C20H20N4O3S.2C2H6/c1-12(18-22-11-16(28-18)13-6-4-3-5-7-13)23-14-10-21-17-9-8-15(20(26)27-2)24(17)19(14)25;2*1-2/h3-7,10-12,15,23H,8-9H2,1-2H3;2*1-2H3. The molecule has 0 saturated carbocycles. The predicted octanol–water partition coefficient (Wildman–Crippen LogP) is 5.25. The highest BCUT2D eigenvalue weighted by atomic mass is 32.1. The number of benzene rings is 1. The van der Waals surface area contributed by atoms with Crippen molar-refractivity contribution in [3.05, 3.63) is 63.9 Å². The number of carbonyl (C=O) groups is 1. The summed E-state index contributed by atoms with van der Waals surface area (Å²) in [6.45, 7) is 9.95. The Morgan fingerprint density at radius 3 is 2.50 bits per heavy atom. The molecule has 3 aromatic rings. The Kier molecular flexibility index (Phi) is 9.59. The van der Waals surface area contributed by atoms with E-state index in [-0.39, 0.29) is 11.6 Å². The van der Waals surface area contributed by atoms with Crippen molar-refractivity contribution in [2.24, 2.45) is 0 Å². The minimum atomic E-state index is -0.610. The van der Waals surface area contributed by atoms with Crippen LogP contribution in [0.25, 0.3) is 10.4 Å². The molecule has 172 valence electrons. The first kappa shape index (κ1) is 25.3. The second-order valence-corrected chi connectivity index (χ2v) is 7.70. The number of thiazole rings is 1. The quantitative estimate of drug-likeness (QED) is 0.528. The van der Waals surface area contributed by atoms with Crippen molar-refractivity contribution in [2.45, 2.75) is 59.5 Å².